The fraction of sp³-hybridized carbons (Fsp3) is 0.500. The van der Waals surface area contributed by atoms with Gasteiger partial charge in [-0.1, -0.05) is 0 Å². The summed E-state index contributed by atoms with van der Waals surface area (Å²) < 4.78 is 37.7. The van der Waals surface area contributed by atoms with Crippen molar-refractivity contribution in [3.8, 4) is 5.75 Å². The predicted molar refractivity (Wildman–Crippen MR) is 93.7 cm³/mol. The number of hydrogen-bond acceptors (Lipinski definition) is 11. The van der Waals surface area contributed by atoms with Gasteiger partial charge in [-0.15, -0.1) is 11.3 Å². The van der Waals surface area contributed by atoms with Crippen LogP contribution < -0.4 is 4.52 Å². The van der Waals surface area contributed by atoms with Gasteiger partial charge in [-0.05, 0) is 13.8 Å². The van der Waals surface area contributed by atoms with E-state index in [1.165, 1.54) is 20.3 Å². The maximum Gasteiger partial charge on any atom is 0.412 e. The first kappa shape index (κ1) is 21.3. The summed E-state index contributed by atoms with van der Waals surface area (Å²) in [6, 6.07) is 1.27. The number of methoxy groups -OCH3 is 2. The maximum absolute atomic E-state index is 12.8. The number of thiophene rings is 1. The second kappa shape index (κ2) is 10.3. The summed E-state index contributed by atoms with van der Waals surface area (Å²) in [5.74, 6) is -4.97. The molecule has 0 aliphatic rings. The van der Waals surface area contributed by atoms with Crippen LogP contribution >= 0.6 is 40.4 Å². The quantitative estimate of drug-likeness (QED) is 0.314. The van der Waals surface area contributed by atoms with Gasteiger partial charge in [0.2, 0.25) is 0 Å². The monoisotopic (exact) mass is 416 g/mol. The highest BCUT2D eigenvalue weighted by molar-refractivity contribution is 8.87. The summed E-state index contributed by atoms with van der Waals surface area (Å²) in [5, 5.41) is 0. The standard InChI is InChI=1S/C12H17O8PS3/c1-5-18-23-21(15,24-19-6-2)20-8-7-9(11(13)16-3)22-10(8)12(14)17-4/h7H,5-6H2,1-4H3. The van der Waals surface area contributed by atoms with E-state index in [2.05, 4.69) is 9.47 Å². The van der Waals surface area contributed by atoms with E-state index in [4.69, 9.17) is 12.9 Å². The Morgan fingerprint density at radius 2 is 1.62 bits per heavy atom. The van der Waals surface area contributed by atoms with E-state index in [0.717, 1.165) is 11.3 Å². The molecular formula is C12H17O8PS3. The molecule has 1 aromatic rings. The highest BCUT2D eigenvalue weighted by Gasteiger charge is 2.34. The second-order valence-corrected chi connectivity index (χ2v) is 11.2. The molecule has 0 atom stereocenters. The molecule has 136 valence electrons. The normalized spacial score (nSPS) is 11.2. The molecule has 0 saturated heterocycles. The molecular weight excluding hydrogens is 399 g/mol. The molecule has 0 unspecified atom stereocenters. The van der Waals surface area contributed by atoms with Crippen LogP contribution in [0.25, 0.3) is 0 Å². The summed E-state index contributed by atoms with van der Waals surface area (Å²) >= 11 is 2.05. The molecule has 0 aliphatic carbocycles. The van der Waals surface area contributed by atoms with Crippen molar-refractivity contribution >= 4 is 52.4 Å². The zero-order chi connectivity index (χ0) is 18.2. The average Bonchev–Trinajstić information content (AvgIpc) is 3.00. The molecule has 0 aliphatic heterocycles. The van der Waals surface area contributed by atoms with Crippen molar-refractivity contribution in [2.75, 3.05) is 27.4 Å². The average molecular weight is 416 g/mol. The van der Waals surface area contributed by atoms with Crippen molar-refractivity contribution < 1.29 is 36.5 Å². The highest BCUT2D eigenvalue weighted by atomic mass is 33.1. The lowest BCUT2D eigenvalue weighted by Crippen LogP contribution is -2.00. The van der Waals surface area contributed by atoms with Crippen LogP contribution in [0.3, 0.4) is 0 Å². The Labute approximate surface area is 151 Å². The van der Waals surface area contributed by atoms with Crippen molar-refractivity contribution in [3.05, 3.63) is 15.8 Å². The number of carbonyl (C=O) groups is 2. The third-order valence-electron chi connectivity index (χ3n) is 2.19. The molecule has 0 saturated carbocycles. The minimum Gasteiger partial charge on any atom is -0.465 e. The third-order valence-corrected chi connectivity index (χ3v) is 8.00. The van der Waals surface area contributed by atoms with E-state index in [1.54, 1.807) is 13.8 Å². The van der Waals surface area contributed by atoms with Crippen LogP contribution in [-0.2, 0) is 22.4 Å². The predicted octanol–water partition coefficient (Wildman–Crippen LogP) is 4.18. The minimum absolute atomic E-state index is 0.00711. The van der Waals surface area contributed by atoms with E-state index >= 15 is 0 Å². The Morgan fingerprint density at radius 3 is 2.08 bits per heavy atom. The minimum atomic E-state index is -3.54. The molecule has 24 heavy (non-hydrogen) atoms. The van der Waals surface area contributed by atoms with Crippen LogP contribution in [0.15, 0.2) is 6.07 Å². The van der Waals surface area contributed by atoms with Gasteiger partial charge in [0.25, 0.3) is 0 Å². The summed E-state index contributed by atoms with van der Waals surface area (Å²) in [6.45, 7) is 4.04. The van der Waals surface area contributed by atoms with Gasteiger partial charge in [0.15, 0.2) is 10.6 Å². The Bertz CT molecular complexity index is 605. The molecule has 0 bridgehead atoms. The lowest BCUT2D eigenvalue weighted by Gasteiger charge is -2.15. The number of rotatable bonds is 10. The van der Waals surface area contributed by atoms with Crippen molar-refractivity contribution in [2.45, 2.75) is 13.8 Å². The maximum atomic E-state index is 12.8. The van der Waals surface area contributed by atoms with E-state index in [0.29, 0.717) is 36.5 Å². The van der Waals surface area contributed by atoms with Gasteiger partial charge >= 0.3 is 17.7 Å². The molecule has 0 N–H and O–H groups in total. The zero-order valence-electron chi connectivity index (χ0n) is 13.4. The van der Waals surface area contributed by atoms with Gasteiger partial charge in [-0.25, -0.2) is 14.2 Å². The molecule has 0 aromatic carbocycles. The summed E-state index contributed by atoms with van der Waals surface area (Å²) in [6.07, 6.45) is 0. The lowest BCUT2D eigenvalue weighted by molar-refractivity contribution is 0.0597. The molecule has 0 spiro atoms. The van der Waals surface area contributed by atoms with Crippen LogP contribution in [0.5, 0.6) is 5.75 Å². The number of hydrogen-bond donors (Lipinski definition) is 0. The van der Waals surface area contributed by atoms with E-state index in [-0.39, 0.29) is 15.5 Å². The molecule has 12 heteroatoms. The van der Waals surface area contributed by atoms with Gasteiger partial charge < -0.3 is 22.4 Å². The van der Waals surface area contributed by atoms with E-state index < -0.39 is 17.7 Å². The van der Waals surface area contributed by atoms with Crippen LogP contribution in [-0.4, -0.2) is 39.4 Å². The Morgan fingerprint density at radius 1 is 1.08 bits per heavy atom. The van der Waals surface area contributed by atoms with E-state index in [1.807, 2.05) is 0 Å². The van der Waals surface area contributed by atoms with Crippen molar-refractivity contribution in [3.63, 3.8) is 0 Å². The smallest absolute Gasteiger partial charge is 0.412 e. The van der Waals surface area contributed by atoms with Crippen LogP contribution in [0, 0.1) is 0 Å². The van der Waals surface area contributed by atoms with Crippen LogP contribution in [0.4, 0.5) is 0 Å². The molecule has 0 fully saturated rings. The molecule has 1 rings (SSSR count). The second-order valence-electron chi connectivity index (χ2n) is 3.79. The summed E-state index contributed by atoms with van der Waals surface area (Å²) in [4.78, 5) is 23.6. The van der Waals surface area contributed by atoms with Crippen molar-refractivity contribution in [2.24, 2.45) is 0 Å². The van der Waals surface area contributed by atoms with Gasteiger partial charge in [0.05, 0.1) is 27.4 Å². The van der Waals surface area contributed by atoms with Crippen LogP contribution in [0.1, 0.15) is 33.2 Å². The van der Waals surface area contributed by atoms with Crippen LogP contribution in [0.2, 0.25) is 0 Å². The zero-order valence-corrected chi connectivity index (χ0v) is 16.8. The molecule has 8 nitrogen and oxygen atoms in total. The van der Waals surface area contributed by atoms with Crippen molar-refractivity contribution in [1.82, 2.24) is 0 Å². The van der Waals surface area contributed by atoms with E-state index in [9.17, 15) is 14.2 Å². The first-order chi connectivity index (χ1) is 11.4. The largest absolute Gasteiger partial charge is 0.465 e. The van der Waals surface area contributed by atoms with Gasteiger partial charge in [0.1, 0.15) is 28.2 Å². The Kier molecular flexibility index (Phi) is 9.17. The highest BCUT2D eigenvalue weighted by Crippen LogP contribution is 2.70. The fourth-order valence-electron chi connectivity index (χ4n) is 1.28. The molecule has 0 radical (unpaired) electrons. The Balaban J connectivity index is 3.15. The molecule has 1 aromatic heterocycles. The van der Waals surface area contributed by atoms with Gasteiger partial charge in [-0.2, -0.15) is 0 Å². The first-order valence-electron chi connectivity index (χ1n) is 6.63. The lowest BCUT2D eigenvalue weighted by atomic mass is 10.4. The molecule has 1 heterocycles. The summed E-state index contributed by atoms with van der Waals surface area (Å²) in [5.41, 5.74) is 0. The van der Waals surface area contributed by atoms with Gasteiger partial charge in [-0.3, -0.25) is 0 Å². The Hall–Kier alpha value is -0.710. The topological polar surface area (TPSA) is 97.4 Å². The third kappa shape index (κ3) is 5.98. The number of carbonyl (C=O) groups excluding carboxylic acids is 2. The SMILES string of the molecule is CCOSP(=O)(Oc1cc(C(=O)OC)sc1C(=O)OC)SOCC. The van der Waals surface area contributed by atoms with Gasteiger partial charge in [0, 0.05) is 6.07 Å². The summed E-state index contributed by atoms with van der Waals surface area (Å²) in [7, 11) is 2.40. The van der Waals surface area contributed by atoms with Crippen molar-refractivity contribution in [1.29, 1.82) is 0 Å². The first-order valence-corrected chi connectivity index (χ1v) is 11.8. The number of esters is 2. The number of ether oxygens (including phenoxy) is 2. The molecule has 0 amide bonds. The fourth-order valence-corrected chi connectivity index (χ4v) is 6.34.